The lowest BCUT2D eigenvalue weighted by Gasteiger charge is -2.09. The Labute approximate surface area is 102 Å². The van der Waals surface area contributed by atoms with Gasteiger partial charge in [-0.1, -0.05) is 24.3 Å². The number of rotatable bonds is 2. The van der Waals surface area contributed by atoms with E-state index in [1.807, 2.05) is 6.07 Å². The van der Waals surface area contributed by atoms with E-state index in [9.17, 15) is 0 Å². The highest BCUT2D eigenvalue weighted by Gasteiger charge is 2.15. The topological polar surface area (TPSA) is 4.93 Å². The molecule has 1 aromatic heterocycles. The molecule has 1 aromatic carbocycles. The summed E-state index contributed by atoms with van der Waals surface area (Å²) in [4.78, 5) is 0. The van der Waals surface area contributed by atoms with Crippen molar-refractivity contribution in [3.8, 4) is 0 Å². The average Bonchev–Trinajstić information content (AvgIpc) is 2.71. The number of nitrogens with zero attached hydrogens (tertiary/aromatic N) is 1. The molecule has 0 unspecified atom stereocenters. The molecule has 1 aliphatic rings. The Morgan fingerprint density at radius 1 is 1.47 bits per heavy atom. The number of aromatic nitrogens is 1. The van der Waals surface area contributed by atoms with Crippen LogP contribution in [0, 0.1) is 12.1 Å². The van der Waals surface area contributed by atoms with Crippen molar-refractivity contribution in [1.29, 1.82) is 0 Å². The number of hydrogen-bond acceptors (Lipinski definition) is 0. The van der Waals surface area contributed by atoms with Crippen molar-refractivity contribution in [1.82, 2.24) is 4.57 Å². The summed E-state index contributed by atoms with van der Waals surface area (Å²) in [7, 11) is 0. The summed E-state index contributed by atoms with van der Waals surface area (Å²) >= 11 is 0. The molecule has 1 heteroatoms. The van der Waals surface area contributed by atoms with Crippen LogP contribution in [0.25, 0.3) is 17.0 Å². The van der Waals surface area contributed by atoms with Crippen molar-refractivity contribution in [2.75, 3.05) is 0 Å². The molecular formula is C16H15N. The zero-order chi connectivity index (χ0) is 11.7. The fourth-order valence-corrected chi connectivity index (χ4v) is 2.54. The van der Waals surface area contributed by atoms with Gasteiger partial charge in [-0.2, -0.15) is 0 Å². The minimum absolute atomic E-state index is 0.918. The predicted molar refractivity (Wildman–Crippen MR) is 71.8 cm³/mol. The van der Waals surface area contributed by atoms with Gasteiger partial charge in [0.15, 0.2) is 0 Å². The van der Waals surface area contributed by atoms with Crippen molar-refractivity contribution < 1.29 is 0 Å². The number of allylic oxidation sites excluding steroid dienone is 3. The lowest BCUT2D eigenvalue weighted by atomic mass is 10.0. The molecule has 0 aliphatic heterocycles. The second-order valence-corrected chi connectivity index (χ2v) is 4.35. The first-order valence-corrected chi connectivity index (χ1v) is 6.13. The number of aryl methyl sites for hydroxylation is 1. The Bertz CT molecular complexity index is 599. The van der Waals surface area contributed by atoms with Gasteiger partial charge in [-0.3, -0.25) is 0 Å². The zero-order valence-corrected chi connectivity index (χ0v) is 10.0. The number of hydrogen-bond donors (Lipinski definition) is 0. The van der Waals surface area contributed by atoms with Crippen molar-refractivity contribution in [3.63, 3.8) is 0 Å². The molecule has 84 valence electrons. The Morgan fingerprint density at radius 2 is 2.41 bits per heavy atom. The predicted octanol–water partition coefficient (Wildman–Crippen LogP) is 3.78. The van der Waals surface area contributed by atoms with Crippen LogP contribution in [0.3, 0.4) is 0 Å². The summed E-state index contributed by atoms with van der Waals surface area (Å²) < 4.78 is 2.33. The SMILES string of the molecule is C/C=C\Cn1c2c(c3ccc#cc31)CCC=C2. The van der Waals surface area contributed by atoms with Crippen LogP contribution in [0.5, 0.6) is 0 Å². The molecule has 0 spiro atoms. The molecule has 0 amide bonds. The Hall–Kier alpha value is -1.94. The highest BCUT2D eigenvalue weighted by Crippen LogP contribution is 2.30. The van der Waals surface area contributed by atoms with Gasteiger partial charge < -0.3 is 4.57 Å². The van der Waals surface area contributed by atoms with Gasteiger partial charge in [0.2, 0.25) is 0 Å². The van der Waals surface area contributed by atoms with E-state index >= 15 is 0 Å². The van der Waals surface area contributed by atoms with E-state index in [-0.39, 0.29) is 0 Å². The summed E-state index contributed by atoms with van der Waals surface area (Å²) in [6.45, 7) is 2.98. The highest BCUT2D eigenvalue weighted by molar-refractivity contribution is 5.87. The van der Waals surface area contributed by atoms with Crippen LogP contribution < -0.4 is 0 Å². The van der Waals surface area contributed by atoms with E-state index < -0.39 is 0 Å². The molecule has 0 atom stereocenters. The van der Waals surface area contributed by atoms with Gasteiger partial charge in [-0.25, -0.2) is 0 Å². The Morgan fingerprint density at radius 3 is 3.29 bits per heavy atom. The fourth-order valence-electron chi connectivity index (χ4n) is 2.54. The second kappa shape index (κ2) is 4.14. The molecule has 0 bridgehead atoms. The summed E-state index contributed by atoms with van der Waals surface area (Å²) in [6, 6.07) is 10.4. The van der Waals surface area contributed by atoms with Crippen LogP contribution >= 0.6 is 0 Å². The van der Waals surface area contributed by atoms with Gasteiger partial charge in [0.1, 0.15) is 5.52 Å². The van der Waals surface area contributed by atoms with E-state index in [2.05, 4.69) is 54.0 Å². The van der Waals surface area contributed by atoms with Gasteiger partial charge >= 0.3 is 0 Å². The third-order valence-corrected chi connectivity index (χ3v) is 3.33. The molecule has 0 saturated carbocycles. The van der Waals surface area contributed by atoms with Gasteiger partial charge in [0.05, 0.1) is 0 Å². The van der Waals surface area contributed by atoms with Crippen molar-refractivity contribution >= 4 is 17.0 Å². The first kappa shape index (κ1) is 10.2. The summed E-state index contributed by atoms with van der Waals surface area (Å²) in [6.07, 6.45) is 11.1. The third-order valence-electron chi connectivity index (χ3n) is 3.33. The molecule has 1 aliphatic carbocycles. The van der Waals surface area contributed by atoms with E-state index in [4.69, 9.17) is 0 Å². The molecule has 1 heterocycles. The molecule has 0 N–H and O–H groups in total. The molecule has 0 radical (unpaired) electrons. The quantitative estimate of drug-likeness (QED) is 0.680. The summed E-state index contributed by atoms with van der Waals surface area (Å²) in [5.74, 6) is 0. The van der Waals surface area contributed by atoms with Crippen LogP contribution in [-0.2, 0) is 13.0 Å². The lowest BCUT2D eigenvalue weighted by molar-refractivity contribution is 0.833. The molecule has 2 aromatic rings. The normalized spacial score (nSPS) is 14.2. The van der Waals surface area contributed by atoms with Gasteiger partial charge in [-0.15, -0.1) is 0 Å². The lowest BCUT2D eigenvalue weighted by Crippen LogP contribution is -2.00. The molecule has 1 nitrogen and oxygen atoms in total. The van der Waals surface area contributed by atoms with Crippen LogP contribution in [0.4, 0.5) is 0 Å². The van der Waals surface area contributed by atoms with E-state index in [0.717, 1.165) is 19.4 Å². The van der Waals surface area contributed by atoms with Gasteiger partial charge in [0, 0.05) is 17.6 Å². The molecular weight excluding hydrogens is 206 g/mol. The second-order valence-electron chi connectivity index (χ2n) is 4.35. The van der Waals surface area contributed by atoms with E-state index in [1.165, 1.54) is 22.2 Å². The van der Waals surface area contributed by atoms with E-state index in [0.29, 0.717) is 0 Å². The van der Waals surface area contributed by atoms with Crippen LogP contribution in [0.1, 0.15) is 24.6 Å². The molecule has 3 rings (SSSR count). The maximum Gasteiger partial charge on any atom is 0.101 e. The number of fused-ring (bicyclic) bond motifs is 3. The van der Waals surface area contributed by atoms with Gasteiger partial charge in [-0.05, 0) is 49.6 Å². The van der Waals surface area contributed by atoms with Crippen LogP contribution in [-0.4, -0.2) is 4.57 Å². The third kappa shape index (κ3) is 1.57. The van der Waals surface area contributed by atoms with Crippen molar-refractivity contribution in [2.24, 2.45) is 0 Å². The molecule has 0 fully saturated rings. The first-order valence-electron chi connectivity index (χ1n) is 6.13. The standard InChI is InChI=1S/C16H15N/c1-2-3-12-17-15-10-6-4-8-13(15)14-9-5-7-11-16(14)17/h2-4,7-8,11H,5,9,12H2,1H3/b3-2-. The molecule has 17 heavy (non-hydrogen) atoms. The van der Waals surface area contributed by atoms with Crippen LogP contribution in [0.15, 0.2) is 30.4 Å². The maximum atomic E-state index is 3.26. The van der Waals surface area contributed by atoms with Crippen molar-refractivity contribution in [3.05, 3.63) is 53.8 Å². The minimum atomic E-state index is 0.918. The molecule has 0 saturated heterocycles. The summed E-state index contributed by atoms with van der Waals surface area (Å²) in [5.41, 5.74) is 4.00. The van der Waals surface area contributed by atoms with E-state index in [1.54, 1.807) is 0 Å². The van der Waals surface area contributed by atoms with Crippen molar-refractivity contribution in [2.45, 2.75) is 26.3 Å². The Balaban J connectivity index is 2.28. The minimum Gasteiger partial charge on any atom is -0.330 e. The largest absolute Gasteiger partial charge is 0.330 e. The zero-order valence-electron chi connectivity index (χ0n) is 10.0. The highest BCUT2D eigenvalue weighted by atomic mass is 15.0. The average molecular weight is 221 g/mol. The summed E-state index contributed by atoms with van der Waals surface area (Å²) in [5, 5.41) is 1.34. The first-order chi connectivity index (χ1) is 8.42. The smallest absolute Gasteiger partial charge is 0.101 e. The Kier molecular flexibility index (Phi) is 2.49. The fraction of sp³-hybridized carbons (Fsp3) is 0.250. The monoisotopic (exact) mass is 221 g/mol. The van der Waals surface area contributed by atoms with Gasteiger partial charge in [0.25, 0.3) is 0 Å². The van der Waals surface area contributed by atoms with Crippen LogP contribution in [0.2, 0.25) is 0 Å². The maximum absolute atomic E-state index is 3.26.